The number of aromatic nitrogens is 2. The Morgan fingerprint density at radius 2 is 2.00 bits per heavy atom. The molecule has 0 aliphatic heterocycles. The van der Waals surface area contributed by atoms with Crippen molar-refractivity contribution in [3.63, 3.8) is 0 Å². The number of hydrogen-bond donors (Lipinski definition) is 2. The molecule has 0 saturated carbocycles. The smallest absolute Gasteiger partial charge is 0.140 e. The van der Waals surface area contributed by atoms with Crippen molar-refractivity contribution in [2.75, 3.05) is 5.32 Å². The summed E-state index contributed by atoms with van der Waals surface area (Å²) in [6, 6.07) is 11.6. The summed E-state index contributed by atoms with van der Waals surface area (Å²) in [5.74, 6) is 0.657. The molecule has 0 aliphatic rings. The minimum Gasteiger partial charge on any atom is -0.389 e. The number of anilines is 2. The van der Waals surface area contributed by atoms with Crippen molar-refractivity contribution in [3.8, 4) is 0 Å². The lowest BCUT2D eigenvalue weighted by molar-refractivity contribution is 1.30. The molecule has 0 unspecified atom stereocenters. The maximum atomic E-state index is 5.72. The number of nitrogens with two attached hydrogens (primary N) is 1. The number of hydrogen-bond acceptors (Lipinski definition) is 4. The maximum absolute atomic E-state index is 5.72. The molecule has 0 bridgehead atoms. The van der Waals surface area contributed by atoms with E-state index in [1.807, 2.05) is 42.6 Å². The Bertz CT molecular complexity index is 780. The molecule has 3 aromatic rings. The largest absolute Gasteiger partial charge is 0.389 e. The predicted molar refractivity (Wildman–Crippen MR) is 85.2 cm³/mol. The van der Waals surface area contributed by atoms with Gasteiger partial charge in [0.1, 0.15) is 10.8 Å². The molecule has 2 aromatic heterocycles. The van der Waals surface area contributed by atoms with Crippen LogP contribution in [0.5, 0.6) is 0 Å². The molecule has 2 heterocycles. The first kappa shape index (κ1) is 12.5. The van der Waals surface area contributed by atoms with Crippen LogP contribution in [0.2, 0.25) is 0 Å². The first-order valence-corrected chi connectivity index (χ1v) is 6.51. The summed E-state index contributed by atoms with van der Waals surface area (Å²) in [5, 5.41) is 5.42. The Morgan fingerprint density at radius 3 is 2.85 bits per heavy atom. The van der Waals surface area contributed by atoms with Crippen molar-refractivity contribution in [3.05, 3.63) is 60.6 Å². The summed E-state index contributed by atoms with van der Waals surface area (Å²) in [5.41, 5.74) is 7.40. The quantitative estimate of drug-likeness (QED) is 0.722. The van der Waals surface area contributed by atoms with Crippen LogP contribution in [0.3, 0.4) is 0 Å². The monoisotopic (exact) mass is 280 g/mol. The molecular formula is C15H12N4S. The predicted octanol–water partition coefficient (Wildman–Crippen LogP) is 3.01. The van der Waals surface area contributed by atoms with Gasteiger partial charge in [0, 0.05) is 35.1 Å². The summed E-state index contributed by atoms with van der Waals surface area (Å²) in [6.45, 7) is 0. The third-order valence-corrected chi connectivity index (χ3v) is 3.23. The summed E-state index contributed by atoms with van der Waals surface area (Å²) in [4.78, 5) is 8.75. The number of thiocarbonyl (C=S) groups is 1. The fourth-order valence-electron chi connectivity index (χ4n) is 2.06. The highest BCUT2D eigenvalue weighted by Crippen LogP contribution is 2.26. The highest BCUT2D eigenvalue weighted by atomic mass is 32.1. The maximum Gasteiger partial charge on any atom is 0.140 e. The van der Waals surface area contributed by atoms with Crippen molar-refractivity contribution >= 4 is 39.5 Å². The van der Waals surface area contributed by atoms with E-state index in [2.05, 4.69) is 15.3 Å². The van der Waals surface area contributed by atoms with Crippen LogP contribution < -0.4 is 11.1 Å². The highest BCUT2D eigenvalue weighted by molar-refractivity contribution is 7.80. The van der Waals surface area contributed by atoms with Gasteiger partial charge in [0.15, 0.2) is 0 Å². The summed E-state index contributed by atoms with van der Waals surface area (Å²) < 4.78 is 0. The van der Waals surface area contributed by atoms with Gasteiger partial charge in [-0.15, -0.1) is 0 Å². The molecule has 4 nitrogen and oxygen atoms in total. The molecule has 20 heavy (non-hydrogen) atoms. The molecule has 3 N–H and O–H groups in total. The average Bonchev–Trinajstić information content (AvgIpc) is 2.48. The number of nitrogens with zero attached hydrogens (tertiary/aromatic N) is 2. The van der Waals surface area contributed by atoms with Crippen molar-refractivity contribution in [1.82, 2.24) is 9.97 Å². The lowest BCUT2D eigenvalue weighted by Crippen LogP contribution is -2.12. The van der Waals surface area contributed by atoms with E-state index in [1.54, 1.807) is 12.4 Å². The van der Waals surface area contributed by atoms with Gasteiger partial charge in [0.25, 0.3) is 0 Å². The number of pyridine rings is 2. The number of nitrogens with one attached hydrogen (secondary N) is 1. The first-order valence-electron chi connectivity index (χ1n) is 6.10. The Labute approximate surface area is 121 Å². The van der Waals surface area contributed by atoms with Crippen molar-refractivity contribution in [2.45, 2.75) is 0 Å². The van der Waals surface area contributed by atoms with Gasteiger partial charge >= 0.3 is 0 Å². The van der Waals surface area contributed by atoms with Crippen molar-refractivity contribution < 1.29 is 0 Å². The van der Waals surface area contributed by atoms with E-state index < -0.39 is 0 Å². The molecule has 0 aliphatic carbocycles. The Kier molecular flexibility index (Phi) is 3.26. The second kappa shape index (κ2) is 5.22. The SMILES string of the molecule is NC(=S)c1cccnc1Nc1cccc2cnccc12. The van der Waals surface area contributed by atoms with Gasteiger partial charge in [-0.05, 0) is 24.3 Å². The van der Waals surface area contributed by atoms with Crippen LogP contribution in [-0.4, -0.2) is 15.0 Å². The zero-order chi connectivity index (χ0) is 13.9. The molecule has 0 radical (unpaired) electrons. The van der Waals surface area contributed by atoms with Crippen LogP contribution in [0.4, 0.5) is 11.5 Å². The van der Waals surface area contributed by atoms with Gasteiger partial charge in [-0.1, -0.05) is 24.4 Å². The van der Waals surface area contributed by atoms with E-state index in [0.29, 0.717) is 10.8 Å². The average molecular weight is 280 g/mol. The topological polar surface area (TPSA) is 63.8 Å². The molecule has 0 amide bonds. The summed E-state index contributed by atoms with van der Waals surface area (Å²) >= 11 is 5.05. The Balaban J connectivity index is 2.08. The highest BCUT2D eigenvalue weighted by Gasteiger charge is 2.07. The van der Waals surface area contributed by atoms with E-state index in [4.69, 9.17) is 18.0 Å². The fourth-order valence-corrected chi connectivity index (χ4v) is 2.23. The van der Waals surface area contributed by atoms with Crippen LogP contribution in [-0.2, 0) is 0 Å². The molecule has 1 aromatic carbocycles. The van der Waals surface area contributed by atoms with Crippen LogP contribution in [0.25, 0.3) is 10.8 Å². The minimum absolute atomic E-state index is 0.322. The standard InChI is InChI=1S/C15H12N4S/c16-14(20)12-4-2-7-18-15(12)19-13-5-1-3-10-9-17-8-6-11(10)13/h1-9H,(H2,16,20)(H,18,19). The fraction of sp³-hybridized carbons (Fsp3) is 0. The molecule has 98 valence electrons. The van der Waals surface area contributed by atoms with Gasteiger partial charge in [-0.2, -0.15) is 0 Å². The Hall–Kier alpha value is -2.53. The van der Waals surface area contributed by atoms with Crippen LogP contribution >= 0.6 is 12.2 Å². The molecule has 0 saturated heterocycles. The van der Waals surface area contributed by atoms with E-state index in [1.165, 1.54) is 0 Å². The summed E-state index contributed by atoms with van der Waals surface area (Å²) in [6.07, 6.45) is 5.30. The lowest BCUT2D eigenvalue weighted by Gasteiger charge is -2.11. The van der Waals surface area contributed by atoms with Crippen LogP contribution in [0.1, 0.15) is 5.56 Å². The molecular weight excluding hydrogens is 268 g/mol. The third kappa shape index (κ3) is 2.31. The van der Waals surface area contributed by atoms with Gasteiger partial charge in [0.05, 0.1) is 5.56 Å². The summed E-state index contributed by atoms with van der Waals surface area (Å²) in [7, 11) is 0. The van der Waals surface area contributed by atoms with E-state index in [0.717, 1.165) is 22.0 Å². The van der Waals surface area contributed by atoms with Crippen LogP contribution in [0.15, 0.2) is 55.0 Å². The van der Waals surface area contributed by atoms with E-state index >= 15 is 0 Å². The normalized spacial score (nSPS) is 10.4. The van der Waals surface area contributed by atoms with E-state index in [-0.39, 0.29) is 0 Å². The second-order valence-corrected chi connectivity index (χ2v) is 4.73. The zero-order valence-corrected chi connectivity index (χ0v) is 11.4. The van der Waals surface area contributed by atoms with Gasteiger partial charge in [-0.25, -0.2) is 4.98 Å². The zero-order valence-electron chi connectivity index (χ0n) is 10.6. The molecule has 0 fully saturated rings. The number of benzene rings is 1. The molecule has 0 atom stereocenters. The first-order chi connectivity index (χ1) is 9.75. The van der Waals surface area contributed by atoms with Gasteiger partial charge in [-0.3, -0.25) is 4.98 Å². The lowest BCUT2D eigenvalue weighted by atomic mass is 10.1. The van der Waals surface area contributed by atoms with E-state index in [9.17, 15) is 0 Å². The number of rotatable bonds is 3. The minimum atomic E-state index is 0.322. The second-order valence-electron chi connectivity index (χ2n) is 4.29. The Morgan fingerprint density at radius 1 is 1.10 bits per heavy atom. The number of fused-ring (bicyclic) bond motifs is 1. The van der Waals surface area contributed by atoms with Gasteiger partial charge in [0.2, 0.25) is 0 Å². The van der Waals surface area contributed by atoms with Crippen LogP contribution in [0, 0.1) is 0 Å². The molecule has 0 spiro atoms. The van der Waals surface area contributed by atoms with Crippen molar-refractivity contribution in [1.29, 1.82) is 0 Å². The van der Waals surface area contributed by atoms with Crippen molar-refractivity contribution in [2.24, 2.45) is 5.73 Å². The third-order valence-electron chi connectivity index (χ3n) is 3.01. The molecule has 5 heteroatoms. The molecule has 3 rings (SSSR count). The van der Waals surface area contributed by atoms with Gasteiger partial charge < -0.3 is 11.1 Å².